The van der Waals surface area contributed by atoms with E-state index in [2.05, 4.69) is 31.9 Å². The Hall–Kier alpha value is -3.58. The van der Waals surface area contributed by atoms with Gasteiger partial charge in [-0.1, -0.05) is 46.3 Å². The zero-order valence-electron chi connectivity index (χ0n) is 20.5. The number of halogens is 1. The monoisotopic (exact) mass is 547 g/mol. The summed E-state index contributed by atoms with van der Waals surface area (Å²) in [5, 5.41) is 3.00. The summed E-state index contributed by atoms with van der Waals surface area (Å²) in [6.45, 7) is 3.80. The van der Waals surface area contributed by atoms with Crippen LogP contribution >= 0.6 is 15.9 Å². The Morgan fingerprint density at radius 2 is 1.89 bits per heavy atom. The quantitative estimate of drug-likeness (QED) is 0.224. The molecule has 0 unspecified atom stereocenters. The molecule has 1 amide bonds. The number of benzene rings is 3. The zero-order valence-corrected chi connectivity index (χ0v) is 22.1. The first-order valence-corrected chi connectivity index (χ1v) is 12.8. The summed E-state index contributed by atoms with van der Waals surface area (Å²) in [4.78, 5) is 17.3. The third-order valence-corrected chi connectivity index (χ3v) is 6.33. The molecule has 0 bridgehead atoms. The highest BCUT2D eigenvalue weighted by atomic mass is 79.9. The third-order valence-electron chi connectivity index (χ3n) is 5.80. The van der Waals surface area contributed by atoms with Crippen molar-refractivity contribution < 1.29 is 14.3 Å². The van der Waals surface area contributed by atoms with Gasteiger partial charge in [-0.05, 0) is 67.4 Å². The molecule has 4 aromatic rings. The number of aromatic nitrogens is 2. The lowest BCUT2D eigenvalue weighted by Crippen LogP contribution is -2.26. The molecule has 7 heteroatoms. The first-order valence-electron chi connectivity index (χ1n) is 12.0. The van der Waals surface area contributed by atoms with Crippen LogP contribution in [0, 0.1) is 0 Å². The fourth-order valence-corrected chi connectivity index (χ4v) is 4.33. The number of nitrogens with one attached hydrogen (secondary N) is 1. The lowest BCUT2D eigenvalue weighted by Gasteiger charge is -2.13. The van der Waals surface area contributed by atoms with Gasteiger partial charge in [-0.3, -0.25) is 4.79 Å². The molecule has 0 aliphatic carbocycles. The van der Waals surface area contributed by atoms with Crippen molar-refractivity contribution >= 4 is 38.9 Å². The predicted molar refractivity (Wildman–Crippen MR) is 148 cm³/mol. The summed E-state index contributed by atoms with van der Waals surface area (Å²) in [5.41, 5.74) is 3.75. The van der Waals surface area contributed by atoms with Gasteiger partial charge in [0.2, 0.25) is 0 Å². The normalized spacial score (nSPS) is 11.2. The fraction of sp³-hybridized carbons (Fsp3) is 0.241. The lowest BCUT2D eigenvalue weighted by atomic mass is 10.2. The van der Waals surface area contributed by atoms with Gasteiger partial charge in [0.15, 0.2) is 11.5 Å². The van der Waals surface area contributed by atoms with Crippen molar-refractivity contribution in [1.82, 2.24) is 14.9 Å². The van der Waals surface area contributed by atoms with E-state index in [-0.39, 0.29) is 5.91 Å². The number of hydrogen-bond donors (Lipinski definition) is 1. The largest absolute Gasteiger partial charge is 0.493 e. The van der Waals surface area contributed by atoms with E-state index in [4.69, 9.17) is 14.5 Å². The SMILES string of the molecule is C/C=C/c1ccc(OCCCn2c(CCNC(=O)c3ccc(Br)cc3)nc3ccccc32)c(OC)c1. The van der Waals surface area contributed by atoms with Gasteiger partial charge < -0.3 is 19.4 Å². The molecule has 0 spiro atoms. The number of hydrogen-bond acceptors (Lipinski definition) is 4. The molecule has 1 heterocycles. The van der Waals surface area contributed by atoms with Crippen LogP contribution in [-0.4, -0.2) is 35.7 Å². The topological polar surface area (TPSA) is 65.4 Å². The average Bonchev–Trinajstić information content (AvgIpc) is 3.24. The maximum atomic E-state index is 12.5. The van der Waals surface area contributed by atoms with Gasteiger partial charge in [-0.2, -0.15) is 0 Å². The molecule has 6 nitrogen and oxygen atoms in total. The number of carbonyl (C=O) groups excluding carboxylic acids is 1. The number of ether oxygens (including phenoxy) is 2. The molecule has 1 aromatic heterocycles. The Kier molecular flexibility index (Phi) is 8.79. The van der Waals surface area contributed by atoms with E-state index in [1.165, 1.54) is 0 Å². The molecule has 4 rings (SSSR count). The maximum Gasteiger partial charge on any atom is 0.251 e. The smallest absolute Gasteiger partial charge is 0.251 e. The first kappa shape index (κ1) is 25.5. The second-order valence-electron chi connectivity index (χ2n) is 8.29. The zero-order chi connectivity index (χ0) is 25.3. The molecule has 186 valence electrons. The Balaban J connectivity index is 1.37. The summed E-state index contributed by atoms with van der Waals surface area (Å²) in [6.07, 6.45) is 5.46. The number of aryl methyl sites for hydroxylation is 1. The lowest BCUT2D eigenvalue weighted by molar-refractivity contribution is 0.0954. The van der Waals surface area contributed by atoms with Crippen molar-refractivity contribution in [3.8, 4) is 11.5 Å². The fourth-order valence-electron chi connectivity index (χ4n) is 4.06. The van der Waals surface area contributed by atoms with Gasteiger partial charge in [-0.15, -0.1) is 0 Å². The highest BCUT2D eigenvalue weighted by Gasteiger charge is 2.12. The van der Waals surface area contributed by atoms with Crippen molar-refractivity contribution in [2.45, 2.75) is 26.3 Å². The minimum absolute atomic E-state index is 0.0899. The van der Waals surface area contributed by atoms with Crippen LogP contribution < -0.4 is 14.8 Å². The average molecular weight is 548 g/mol. The minimum atomic E-state index is -0.0899. The molecule has 0 aliphatic heterocycles. The number of nitrogens with zero attached hydrogens (tertiary/aromatic N) is 2. The van der Waals surface area contributed by atoms with E-state index < -0.39 is 0 Å². The number of rotatable bonds is 11. The van der Waals surface area contributed by atoms with Crippen LogP contribution in [0.5, 0.6) is 11.5 Å². The van der Waals surface area contributed by atoms with Crippen LogP contribution in [0.4, 0.5) is 0 Å². The van der Waals surface area contributed by atoms with Crippen molar-refractivity contribution in [2.75, 3.05) is 20.3 Å². The molecule has 3 aromatic carbocycles. The number of carbonyl (C=O) groups is 1. The molecule has 0 atom stereocenters. The summed E-state index contributed by atoms with van der Waals surface area (Å²) < 4.78 is 14.7. The van der Waals surface area contributed by atoms with E-state index in [1.54, 1.807) is 19.2 Å². The van der Waals surface area contributed by atoms with E-state index in [0.717, 1.165) is 51.4 Å². The van der Waals surface area contributed by atoms with Crippen molar-refractivity contribution in [2.24, 2.45) is 0 Å². The van der Waals surface area contributed by atoms with Gasteiger partial charge in [-0.25, -0.2) is 4.98 Å². The second-order valence-corrected chi connectivity index (χ2v) is 9.21. The molecule has 0 aliphatic rings. The molecule has 36 heavy (non-hydrogen) atoms. The third kappa shape index (κ3) is 6.34. The molecule has 0 radical (unpaired) electrons. The number of imidazole rings is 1. The standard InChI is InChI=1S/C29H30BrN3O3/c1-3-7-21-10-15-26(27(20-21)35-2)36-19-6-18-33-25-9-5-4-8-24(25)32-28(33)16-17-31-29(34)22-11-13-23(30)14-12-22/h3-5,7-15,20H,6,16-19H2,1-2H3,(H,31,34)/b7-3+. The first-order chi connectivity index (χ1) is 17.6. The van der Waals surface area contributed by atoms with E-state index >= 15 is 0 Å². The Bertz CT molecular complexity index is 1350. The van der Waals surface area contributed by atoms with E-state index in [0.29, 0.717) is 25.1 Å². The number of fused-ring (bicyclic) bond motifs is 1. The van der Waals surface area contributed by atoms with Crippen molar-refractivity contribution in [3.05, 3.63) is 94.2 Å². The molecular formula is C29H30BrN3O3. The van der Waals surface area contributed by atoms with Crippen LogP contribution in [0.15, 0.2) is 77.3 Å². The molecule has 1 N–H and O–H groups in total. The Morgan fingerprint density at radius 3 is 2.67 bits per heavy atom. The van der Waals surface area contributed by atoms with Crippen molar-refractivity contribution in [3.63, 3.8) is 0 Å². The summed E-state index contributed by atoms with van der Waals surface area (Å²) >= 11 is 3.40. The van der Waals surface area contributed by atoms with Crippen LogP contribution in [0.1, 0.15) is 35.1 Å². The Morgan fingerprint density at radius 1 is 1.08 bits per heavy atom. The van der Waals surface area contributed by atoms with Gasteiger partial charge in [0.25, 0.3) is 5.91 Å². The van der Waals surface area contributed by atoms with Crippen LogP contribution in [-0.2, 0) is 13.0 Å². The summed E-state index contributed by atoms with van der Waals surface area (Å²) in [6, 6.07) is 21.4. The number of amides is 1. The van der Waals surface area contributed by atoms with Crippen LogP contribution in [0.2, 0.25) is 0 Å². The molecule has 0 saturated heterocycles. The van der Waals surface area contributed by atoms with Crippen LogP contribution in [0.3, 0.4) is 0 Å². The summed E-state index contributed by atoms with van der Waals surface area (Å²) in [5.74, 6) is 2.31. The predicted octanol–water partition coefficient (Wildman–Crippen LogP) is 6.28. The van der Waals surface area contributed by atoms with Crippen LogP contribution in [0.25, 0.3) is 17.1 Å². The molecular weight excluding hydrogens is 518 g/mol. The van der Waals surface area contributed by atoms with Gasteiger partial charge in [0.1, 0.15) is 5.82 Å². The molecule has 0 fully saturated rings. The number of methoxy groups -OCH3 is 1. The molecule has 0 saturated carbocycles. The Labute approximate surface area is 220 Å². The maximum absolute atomic E-state index is 12.5. The van der Waals surface area contributed by atoms with Gasteiger partial charge in [0.05, 0.1) is 24.8 Å². The van der Waals surface area contributed by atoms with E-state index in [9.17, 15) is 4.79 Å². The van der Waals surface area contributed by atoms with E-state index in [1.807, 2.05) is 67.6 Å². The second kappa shape index (κ2) is 12.4. The number of para-hydroxylation sites is 2. The van der Waals surface area contributed by atoms with Gasteiger partial charge in [0, 0.05) is 29.5 Å². The summed E-state index contributed by atoms with van der Waals surface area (Å²) in [7, 11) is 1.65. The number of allylic oxidation sites excluding steroid dienone is 1. The van der Waals surface area contributed by atoms with Gasteiger partial charge >= 0.3 is 0 Å². The van der Waals surface area contributed by atoms with Crippen molar-refractivity contribution in [1.29, 1.82) is 0 Å². The minimum Gasteiger partial charge on any atom is -0.493 e. The highest BCUT2D eigenvalue weighted by molar-refractivity contribution is 9.10. The highest BCUT2D eigenvalue weighted by Crippen LogP contribution is 2.29.